The molecule has 0 aliphatic rings. The standard InChI is InChI=1S/C12H11BrN2O4/c1-3-18-12(16)10-14-11(19-15-10)8-6-7(17-2)4-5-9(8)13/h4-6H,3H2,1-2H3. The van der Waals surface area contributed by atoms with Gasteiger partial charge in [0.1, 0.15) is 5.75 Å². The van der Waals surface area contributed by atoms with Crippen LogP contribution in [0.3, 0.4) is 0 Å². The van der Waals surface area contributed by atoms with E-state index in [0.29, 0.717) is 11.3 Å². The first-order valence-corrected chi connectivity index (χ1v) is 6.29. The van der Waals surface area contributed by atoms with E-state index < -0.39 is 5.97 Å². The quantitative estimate of drug-likeness (QED) is 0.804. The Kier molecular flexibility index (Phi) is 4.16. The number of esters is 1. The highest BCUT2D eigenvalue weighted by atomic mass is 79.9. The van der Waals surface area contributed by atoms with Crippen LogP contribution in [0.1, 0.15) is 17.5 Å². The Morgan fingerprint density at radius 2 is 2.26 bits per heavy atom. The highest BCUT2D eigenvalue weighted by Gasteiger charge is 2.18. The van der Waals surface area contributed by atoms with E-state index in [1.807, 2.05) is 0 Å². The van der Waals surface area contributed by atoms with Crippen molar-refractivity contribution in [1.82, 2.24) is 10.1 Å². The fourth-order valence-corrected chi connectivity index (χ4v) is 1.82. The van der Waals surface area contributed by atoms with Gasteiger partial charge in [-0.2, -0.15) is 4.98 Å². The van der Waals surface area contributed by atoms with Crippen molar-refractivity contribution in [2.24, 2.45) is 0 Å². The van der Waals surface area contributed by atoms with Crippen LogP contribution in [-0.2, 0) is 4.74 Å². The summed E-state index contributed by atoms with van der Waals surface area (Å²) in [4.78, 5) is 15.5. The molecule has 0 aliphatic heterocycles. The molecule has 2 aromatic rings. The van der Waals surface area contributed by atoms with Gasteiger partial charge in [-0.15, -0.1) is 0 Å². The van der Waals surface area contributed by atoms with Crippen LogP contribution < -0.4 is 4.74 Å². The third-order valence-electron chi connectivity index (χ3n) is 2.29. The maximum absolute atomic E-state index is 11.5. The molecule has 1 aromatic carbocycles. The average Bonchev–Trinajstić information content (AvgIpc) is 2.89. The van der Waals surface area contributed by atoms with Crippen LogP contribution in [0.4, 0.5) is 0 Å². The molecule has 0 fully saturated rings. The molecule has 100 valence electrons. The number of hydrogen-bond donors (Lipinski definition) is 0. The minimum Gasteiger partial charge on any atom is -0.497 e. The molecule has 0 unspecified atom stereocenters. The van der Waals surface area contributed by atoms with E-state index in [2.05, 4.69) is 26.1 Å². The predicted molar refractivity (Wildman–Crippen MR) is 69.9 cm³/mol. The first kappa shape index (κ1) is 13.5. The smallest absolute Gasteiger partial charge is 0.379 e. The van der Waals surface area contributed by atoms with Crippen LogP contribution in [0.2, 0.25) is 0 Å². The molecule has 6 nitrogen and oxygen atoms in total. The number of nitrogens with zero attached hydrogens (tertiary/aromatic N) is 2. The summed E-state index contributed by atoms with van der Waals surface area (Å²) in [6.07, 6.45) is 0. The molecule has 7 heteroatoms. The van der Waals surface area contributed by atoms with Gasteiger partial charge in [0.15, 0.2) is 0 Å². The third-order valence-corrected chi connectivity index (χ3v) is 2.98. The second-order valence-corrected chi connectivity index (χ2v) is 4.34. The lowest BCUT2D eigenvalue weighted by atomic mass is 10.2. The maximum Gasteiger partial charge on any atom is 0.379 e. The van der Waals surface area contributed by atoms with Crippen molar-refractivity contribution in [3.8, 4) is 17.2 Å². The predicted octanol–water partition coefficient (Wildman–Crippen LogP) is 2.68. The van der Waals surface area contributed by atoms with Gasteiger partial charge in [0, 0.05) is 4.47 Å². The third kappa shape index (κ3) is 2.93. The molecule has 0 saturated heterocycles. The number of benzene rings is 1. The average molecular weight is 327 g/mol. The topological polar surface area (TPSA) is 74.5 Å². The van der Waals surface area contributed by atoms with Crippen LogP contribution in [0.15, 0.2) is 27.2 Å². The van der Waals surface area contributed by atoms with E-state index in [4.69, 9.17) is 14.0 Å². The lowest BCUT2D eigenvalue weighted by Gasteiger charge is -2.02. The van der Waals surface area contributed by atoms with Crippen molar-refractivity contribution in [2.75, 3.05) is 13.7 Å². The molecule has 1 aromatic heterocycles. The number of carbonyl (C=O) groups excluding carboxylic acids is 1. The normalized spacial score (nSPS) is 10.3. The Labute approximate surface area is 117 Å². The second kappa shape index (κ2) is 5.83. The van der Waals surface area contributed by atoms with Crippen molar-refractivity contribution in [3.05, 3.63) is 28.5 Å². The first-order chi connectivity index (χ1) is 9.15. The Morgan fingerprint density at radius 1 is 1.47 bits per heavy atom. The van der Waals surface area contributed by atoms with Gasteiger partial charge in [0.05, 0.1) is 19.3 Å². The van der Waals surface area contributed by atoms with Crippen LogP contribution in [0.5, 0.6) is 5.75 Å². The van der Waals surface area contributed by atoms with Crippen LogP contribution in [0.25, 0.3) is 11.5 Å². The lowest BCUT2D eigenvalue weighted by Crippen LogP contribution is -2.06. The largest absolute Gasteiger partial charge is 0.497 e. The molecule has 0 amide bonds. The number of hydrogen-bond acceptors (Lipinski definition) is 6. The molecule has 0 spiro atoms. The summed E-state index contributed by atoms with van der Waals surface area (Å²) in [5, 5.41) is 3.59. The number of aromatic nitrogens is 2. The van der Waals surface area contributed by atoms with Gasteiger partial charge in [-0.3, -0.25) is 0 Å². The SMILES string of the molecule is CCOC(=O)c1noc(-c2cc(OC)ccc2Br)n1. The lowest BCUT2D eigenvalue weighted by molar-refractivity contribution is 0.0508. The second-order valence-electron chi connectivity index (χ2n) is 3.49. The fraction of sp³-hybridized carbons (Fsp3) is 0.250. The molecular weight excluding hydrogens is 316 g/mol. The highest BCUT2D eigenvalue weighted by Crippen LogP contribution is 2.30. The summed E-state index contributed by atoms with van der Waals surface area (Å²) in [6, 6.07) is 5.31. The zero-order valence-corrected chi connectivity index (χ0v) is 11.9. The van der Waals surface area contributed by atoms with E-state index >= 15 is 0 Å². The zero-order valence-electron chi connectivity index (χ0n) is 10.3. The monoisotopic (exact) mass is 326 g/mol. The van der Waals surface area contributed by atoms with Gasteiger partial charge >= 0.3 is 5.97 Å². The van der Waals surface area contributed by atoms with E-state index in [9.17, 15) is 4.79 Å². The summed E-state index contributed by atoms with van der Waals surface area (Å²) in [5.41, 5.74) is 0.641. The van der Waals surface area contributed by atoms with Gasteiger partial charge in [0.2, 0.25) is 0 Å². The van der Waals surface area contributed by atoms with Crippen molar-refractivity contribution in [3.63, 3.8) is 0 Å². The number of methoxy groups -OCH3 is 1. The van der Waals surface area contributed by atoms with Crippen LogP contribution >= 0.6 is 15.9 Å². The number of carbonyl (C=O) groups is 1. The molecule has 1 heterocycles. The van der Waals surface area contributed by atoms with Crippen molar-refractivity contribution in [2.45, 2.75) is 6.92 Å². The Bertz CT molecular complexity index is 597. The minimum absolute atomic E-state index is 0.105. The van der Waals surface area contributed by atoms with Gasteiger partial charge in [-0.1, -0.05) is 0 Å². The Hall–Kier alpha value is -1.89. The summed E-state index contributed by atoms with van der Waals surface area (Å²) < 4.78 is 15.7. The Morgan fingerprint density at radius 3 is 2.95 bits per heavy atom. The van der Waals surface area contributed by atoms with Crippen molar-refractivity contribution in [1.29, 1.82) is 0 Å². The minimum atomic E-state index is -0.614. The van der Waals surface area contributed by atoms with Gasteiger partial charge in [-0.05, 0) is 46.2 Å². The van der Waals surface area contributed by atoms with E-state index in [1.165, 1.54) is 0 Å². The number of rotatable bonds is 4. The summed E-state index contributed by atoms with van der Waals surface area (Å²) in [6.45, 7) is 1.96. The molecule has 2 rings (SSSR count). The van der Waals surface area contributed by atoms with Crippen molar-refractivity contribution >= 4 is 21.9 Å². The van der Waals surface area contributed by atoms with E-state index in [1.54, 1.807) is 32.2 Å². The highest BCUT2D eigenvalue weighted by molar-refractivity contribution is 9.10. The maximum atomic E-state index is 11.5. The molecule has 0 atom stereocenters. The van der Waals surface area contributed by atoms with E-state index in [-0.39, 0.29) is 18.3 Å². The Balaban J connectivity index is 2.34. The molecular formula is C12H11BrN2O4. The first-order valence-electron chi connectivity index (χ1n) is 5.50. The molecule has 0 bridgehead atoms. The van der Waals surface area contributed by atoms with Gasteiger partial charge in [-0.25, -0.2) is 4.79 Å². The molecule has 0 radical (unpaired) electrons. The van der Waals surface area contributed by atoms with Crippen molar-refractivity contribution < 1.29 is 18.8 Å². The number of ether oxygens (including phenoxy) is 2. The molecule has 19 heavy (non-hydrogen) atoms. The van der Waals surface area contributed by atoms with Crippen LogP contribution in [0, 0.1) is 0 Å². The van der Waals surface area contributed by atoms with Crippen LogP contribution in [-0.4, -0.2) is 29.8 Å². The number of halogens is 1. The van der Waals surface area contributed by atoms with Gasteiger partial charge < -0.3 is 14.0 Å². The molecule has 0 N–H and O–H groups in total. The summed E-state index contributed by atoms with van der Waals surface area (Å²) in [5.74, 6) is 0.144. The van der Waals surface area contributed by atoms with Gasteiger partial charge in [0.25, 0.3) is 11.7 Å². The zero-order chi connectivity index (χ0) is 13.8. The fourth-order valence-electron chi connectivity index (χ4n) is 1.41. The summed E-state index contributed by atoms with van der Waals surface area (Å²) >= 11 is 3.37. The molecule has 0 saturated carbocycles. The summed E-state index contributed by atoms with van der Waals surface area (Å²) in [7, 11) is 1.56. The van der Waals surface area contributed by atoms with E-state index in [0.717, 1.165) is 4.47 Å². The molecule has 0 aliphatic carbocycles.